The van der Waals surface area contributed by atoms with Gasteiger partial charge in [0.15, 0.2) is 0 Å². The molecule has 2 aliphatic carbocycles. The first kappa shape index (κ1) is 40.1. The molecule has 14 nitrogen and oxygen atoms in total. The number of amides is 2. The quantitative estimate of drug-likeness (QED) is 0.0722. The van der Waals surface area contributed by atoms with Gasteiger partial charge in [-0.1, -0.05) is 24.3 Å². The zero-order chi connectivity index (χ0) is 40.4. The molecule has 0 saturated heterocycles. The number of aliphatic hydroxyl groups excluding tert-OH is 2. The molecule has 4 aromatic rings. The molecule has 14 heteroatoms. The molecule has 294 valence electrons. The van der Waals surface area contributed by atoms with Gasteiger partial charge in [-0.3, -0.25) is 39.8 Å². The third kappa shape index (κ3) is 8.63. The van der Waals surface area contributed by atoms with Gasteiger partial charge in [0.25, 0.3) is 11.8 Å². The van der Waals surface area contributed by atoms with Crippen LogP contribution in [0.25, 0.3) is 11.1 Å². The van der Waals surface area contributed by atoms with Crippen molar-refractivity contribution in [1.29, 1.82) is 0 Å². The maximum Gasteiger partial charge on any atom is 0.326 e. The number of aliphatic carboxylic acids is 2. The SMILES string of the molecule is Cc1c(NC(=O)c2cc(C3CC3)c(CN[C@](C)(CO)C(=O)O)cn2)cccc1-c1cccc(NC(=O)c2cc(C3CC3)c(CN[C@@](C)(CO)C(=O)O)cn2)c1C. The van der Waals surface area contributed by atoms with Crippen LogP contribution in [0.5, 0.6) is 0 Å². The van der Waals surface area contributed by atoms with Crippen molar-refractivity contribution in [2.24, 2.45) is 0 Å². The van der Waals surface area contributed by atoms with Crippen LogP contribution < -0.4 is 21.3 Å². The average molecular weight is 765 g/mol. The van der Waals surface area contributed by atoms with Gasteiger partial charge in [-0.05, 0) is 134 Å². The van der Waals surface area contributed by atoms with E-state index >= 15 is 0 Å². The number of hydrogen-bond acceptors (Lipinski definition) is 10. The minimum Gasteiger partial charge on any atom is -0.480 e. The second-order valence-corrected chi connectivity index (χ2v) is 15.2. The van der Waals surface area contributed by atoms with Gasteiger partial charge in [-0.15, -0.1) is 0 Å². The topological polar surface area (TPSA) is 223 Å². The molecule has 0 bridgehead atoms. The van der Waals surface area contributed by atoms with Crippen molar-refractivity contribution in [3.8, 4) is 11.1 Å². The number of nitrogens with zero attached hydrogens (tertiary/aromatic N) is 2. The van der Waals surface area contributed by atoms with Gasteiger partial charge in [0.1, 0.15) is 22.5 Å². The fourth-order valence-electron chi connectivity index (χ4n) is 6.57. The molecule has 56 heavy (non-hydrogen) atoms. The van der Waals surface area contributed by atoms with Crippen LogP contribution in [0.4, 0.5) is 11.4 Å². The summed E-state index contributed by atoms with van der Waals surface area (Å²) in [7, 11) is 0. The van der Waals surface area contributed by atoms with E-state index in [0.29, 0.717) is 11.4 Å². The Balaban J connectivity index is 1.18. The first-order valence-electron chi connectivity index (χ1n) is 18.7. The summed E-state index contributed by atoms with van der Waals surface area (Å²) in [5.74, 6) is -2.61. The normalized spacial score (nSPS) is 16.0. The number of hydrogen-bond donors (Lipinski definition) is 8. The number of aliphatic hydroxyl groups is 2. The van der Waals surface area contributed by atoms with Gasteiger partial charge in [0.2, 0.25) is 0 Å². The monoisotopic (exact) mass is 764 g/mol. The van der Waals surface area contributed by atoms with Gasteiger partial charge >= 0.3 is 11.9 Å². The number of carboxylic acid groups (broad SMARTS) is 2. The van der Waals surface area contributed by atoms with E-state index in [-0.39, 0.29) is 48.1 Å². The first-order valence-corrected chi connectivity index (χ1v) is 18.7. The number of carboxylic acids is 2. The second-order valence-electron chi connectivity index (χ2n) is 15.2. The Bertz CT molecular complexity index is 2030. The lowest BCUT2D eigenvalue weighted by atomic mass is 9.94. The molecule has 2 atom stereocenters. The third-order valence-electron chi connectivity index (χ3n) is 10.9. The Morgan fingerprint density at radius 1 is 0.661 bits per heavy atom. The zero-order valence-corrected chi connectivity index (χ0v) is 31.9. The van der Waals surface area contributed by atoms with E-state index in [1.165, 1.54) is 13.8 Å². The molecule has 2 saturated carbocycles. The summed E-state index contributed by atoms with van der Waals surface area (Å²) in [6, 6.07) is 14.7. The van der Waals surface area contributed by atoms with E-state index in [9.17, 15) is 39.6 Å². The smallest absolute Gasteiger partial charge is 0.326 e. The molecule has 0 unspecified atom stereocenters. The standard InChI is InChI=1S/C42H48N6O8/c1-23-29(7-5-9-33(23)47-37(51)35-15-31(25-11-12-25)27(17-43-35)19-45-41(3,21-49)39(53)54)30-8-6-10-34(24(30)2)48-38(52)36-16-32(26-13-14-26)28(18-44-36)20-46-42(4,22-50)40(55)56/h5-10,15-18,25-26,45-46,49-50H,11-14,19-22H2,1-4H3,(H,47,51)(H,48,52)(H,53,54)(H,55,56)/t41-,42+. The molecule has 6 rings (SSSR count). The number of benzene rings is 2. The van der Waals surface area contributed by atoms with Crippen LogP contribution in [-0.2, 0) is 22.7 Å². The van der Waals surface area contributed by atoms with Crippen LogP contribution in [0.2, 0.25) is 0 Å². The molecule has 8 N–H and O–H groups in total. The van der Waals surface area contributed by atoms with Gasteiger partial charge in [0.05, 0.1) is 13.2 Å². The first-order chi connectivity index (χ1) is 26.7. The molecule has 2 aromatic carbocycles. The summed E-state index contributed by atoms with van der Waals surface area (Å²) >= 11 is 0. The fourth-order valence-corrected chi connectivity index (χ4v) is 6.57. The van der Waals surface area contributed by atoms with Crippen molar-refractivity contribution in [3.63, 3.8) is 0 Å². The Labute approximate surface area is 324 Å². The molecule has 2 aromatic heterocycles. The lowest BCUT2D eigenvalue weighted by Crippen LogP contribution is -2.52. The summed E-state index contributed by atoms with van der Waals surface area (Å²) < 4.78 is 0. The number of nitrogens with one attached hydrogen (secondary N) is 4. The lowest BCUT2D eigenvalue weighted by Gasteiger charge is -2.24. The average Bonchev–Trinajstić information content (AvgIpc) is 4.12. The maximum atomic E-state index is 13.6. The molecule has 0 radical (unpaired) electrons. The Morgan fingerprint density at radius 2 is 1.04 bits per heavy atom. The summed E-state index contributed by atoms with van der Waals surface area (Å²) in [4.78, 5) is 59.3. The Morgan fingerprint density at radius 3 is 1.36 bits per heavy atom. The van der Waals surface area contributed by atoms with Crippen molar-refractivity contribution in [2.45, 2.75) is 89.4 Å². The van der Waals surface area contributed by atoms with Crippen molar-refractivity contribution >= 4 is 35.1 Å². The molecular weight excluding hydrogens is 716 g/mol. The lowest BCUT2D eigenvalue weighted by molar-refractivity contribution is -0.146. The summed E-state index contributed by atoms with van der Waals surface area (Å²) in [5, 5.41) is 50.2. The summed E-state index contributed by atoms with van der Waals surface area (Å²) in [6.45, 7) is 5.84. The molecule has 2 fully saturated rings. The minimum absolute atomic E-state index is 0.175. The molecule has 2 amide bonds. The highest BCUT2D eigenvalue weighted by Gasteiger charge is 2.35. The van der Waals surface area contributed by atoms with Crippen LogP contribution in [-0.4, -0.2) is 78.4 Å². The number of carbonyl (C=O) groups is 4. The molecule has 0 spiro atoms. The molecule has 2 aliphatic rings. The number of carbonyl (C=O) groups excluding carboxylic acids is 2. The van der Waals surface area contributed by atoms with E-state index < -0.39 is 36.2 Å². The van der Waals surface area contributed by atoms with E-state index in [4.69, 9.17) is 0 Å². The summed E-state index contributed by atoms with van der Waals surface area (Å²) in [6.07, 6.45) is 7.00. The highest BCUT2D eigenvalue weighted by Crippen LogP contribution is 2.43. The van der Waals surface area contributed by atoms with Crippen LogP contribution >= 0.6 is 0 Å². The van der Waals surface area contributed by atoms with Gasteiger partial charge in [-0.25, -0.2) is 0 Å². The van der Waals surface area contributed by atoms with Crippen LogP contribution in [0.1, 0.15) is 106 Å². The van der Waals surface area contributed by atoms with Gasteiger partial charge < -0.3 is 31.1 Å². The fraction of sp³-hybridized carbons (Fsp3) is 0.381. The highest BCUT2D eigenvalue weighted by molar-refractivity contribution is 6.05. The van der Waals surface area contributed by atoms with Gasteiger partial charge in [-0.2, -0.15) is 0 Å². The van der Waals surface area contributed by atoms with Crippen molar-refractivity contribution in [3.05, 3.63) is 106 Å². The molecular formula is C42H48N6O8. The van der Waals surface area contributed by atoms with Crippen molar-refractivity contribution in [1.82, 2.24) is 20.6 Å². The third-order valence-corrected chi connectivity index (χ3v) is 10.9. The minimum atomic E-state index is -1.51. The van der Waals surface area contributed by atoms with Crippen molar-refractivity contribution < 1.29 is 39.6 Å². The Kier molecular flexibility index (Phi) is 11.7. The van der Waals surface area contributed by atoms with E-state index in [1.54, 1.807) is 24.5 Å². The van der Waals surface area contributed by atoms with Crippen LogP contribution in [0.3, 0.4) is 0 Å². The summed E-state index contributed by atoms with van der Waals surface area (Å²) in [5.41, 5.74) is 5.38. The molecule has 0 aliphatic heterocycles. The van der Waals surface area contributed by atoms with Crippen LogP contribution in [0, 0.1) is 13.8 Å². The number of rotatable bonds is 17. The number of anilines is 2. The zero-order valence-electron chi connectivity index (χ0n) is 31.9. The van der Waals surface area contributed by atoms with E-state index in [2.05, 4.69) is 31.2 Å². The predicted octanol–water partition coefficient (Wildman–Crippen LogP) is 4.87. The molecule has 2 heterocycles. The van der Waals surface area contributed by atoms with Gasteiger partial charge in [0, 0.05) is 36.9 Å². The maximum absolute atomic E-state index is 13.6. The number of pyridine rings is 2. The highest BCUT2D eigenvalue weighted by atomic mass is 16.4. The van der Waals surface area contributed by atoms with Crippen molar-refractivity contribution in [2.75, 3.05) is 23.8 Å². The number of aromatic nitrogens is 2. The van der Waals surface area contributed by atoms with Crippen LogP contribution in [0.15, 0.2) is 60.9 Å². The largest absolute Gasteiger partial charge is 0.480 e. The Hall–Kier alpha value is -5.54. The van der Waals surface area contributed by atoms with E-state index in [1.807, 2.05) is 50.2 Å². The van der Waals surface area contributed by atoms with E-state index in [0.717, 1.165) is 70.2 Å². The predicted molar refractivity (Wildman–Crippen MR) is 210 cm³/mol. The second kappa shape index (κ2) is 16.3.